The van der Waals surface area contributed by atoms with Crippen LogP contribution >= 0.6 is 35.3 Å². The number of amides is 1. The molecule has 1 saturated carbocycles. The summed E-state index contributed by atoms with van der Waals surface area (Å²) in [5, 5.41) is 11.1. The minimum Gasteiger partial charge on any atom is -0.357 e. The van der Waals surface area contributed by atoms with Crippen LogP contribution in [0.4, 0.5) is 0 Å². The largest absolute Gasteiger partial charge is 0.357 e. The number of carbonyl (C=O) groups is 1. The summed E-state index contributed by atoms with van der Waals surface area (Å²) in [7, 11) is 3.69. The van der Waals surface area contributed by atoms with Crippen molar-refractivity contribution in [2.24, 2.45) is 10.4 Å². The summed E-state index contributed by atoms with van der Waals surface area (Å²) in [6.07, 6.45) is 4.12. The molecule has 1 atom stereocenters. The van der Waals surface area contributed by atoms with Crippen LogP contribution in [0, 0.1) is 5.41 Å². The van der Waals surface area contributed by atoms with Crippen LogP contribution < -0.4 is 10.6 Å². The highest BCUT2D eigenvalue weighted by molar-refractivity contribution is 14.0. The van der Waals surface area contributed by atoms with Crippen molar-refractivity contribution in [1.29, 1.82) is 0 Å². The number of rotatable bonds is 7. The number of hydrogen-bond donors (Lipinski definition) is 2. The predicted molar refractivity (Wildman–Crippen MR) is 122 cm³/mol. The van der Waals surface area contributed by atoms with Gasteiger partial charge in [0.2, 0.25) is 5.91 Å². The van der Waals surface area contributed by atoms with Crippen LogP contribution in [0.2, 0.25) is 0 Å². The molecular formula is C19H33IN4OS. The third-order valence-electron chi connectivity index (χ3n) is 4.99. The predicted octanol–water partition coefficient (Wildman–Crippen LogP) is 3.67. The van der Waals surface area contributed by atoms with E-state index in [9.17, 15) is 4.79 Å². The van der Waals surface area contributed by atoms with Gasteiger partial charge in [-0.15, -0.1) is 24.0 Å². The van der Waals surface area contributed by atoms with Crippen molar-refractivity contribution in [3.05, 3.63) is 22.4 Å². The number of halogens is 1. The Bertz CT molecular complexity index is 568. The summed E-state index contributed by atoms with van der Waals surface area (Å²) in [4.78, 5) is 19.2. The monoisotopic (exact) mass is 492 g/mol. The van der Waals surface area contributed by atoms with Crippen LogP contribution in [-0.2, 0) is 4.79 Å². The van der Waals surface area contributed by atoms with Gasteiger partial charge in [0.1, 0.15) is 0 Å². The maximum Gasteiger partial charge on any atom is 0.230 e. The second-order valence-electron chi connectivity index (χ2n) is 7.22. The topological polar surface area (TPSA) is 56.7 Å². The zero-order valence-corrected chi connectivity index (χ0v) is 19.5. The molecule has 1 fully saturated rings. The highest BCUT2D eigenvalue weighted by Crippen LogP contribution is 2.39. The van der Waals surface area contributed by atoms with Crippen molar-refractivity contribution in [2.75, 3.05) is 33.7 Å². The van der Waals surface area contributed by atoms with E-state index in [1.165, 1.54) is 5.56 Å². The molecule has 0 saturated heterocycles. The first-order valence-electron chi connectivity index (χ1n) is 9.24. The van der Waals surface area contributed by atoms with Gasteiger partial charge in [0.25, 0.3) is 0 Å². The molecule has 1 aliphatic rings. The van der Waals surface area contributed by atoms with E-state index in [0.29, 0.717) is 12.5 Å². The van der Waals surface area contributed by atoms with Crippen molar-refractivity contribution in [3.63, 3.8) is 0 Å². The number of aliphatic imine (C=N–C) groups is 1. The molecule has 1 aliphatic carbocycles. The molecule has 1 heterocycles. The van der Waals surface area contributed by atoms with E-state index >= 15 is 0 Å². The van der Waals surface area contributed by atoms with Crippen LogP contribution in [-0.4, -0.2) is 50.5 Å². The van der Waals surface area contributed by atoms with Crippen molar-refractivity contribution in [2.45, 2.75) is 45.4 Å². The Morgan fingerprint density at radius 1 is 1.35 bits per heavy atom. The maximum atomic E-state index is 12.7. The van der Waals surface area contributed by atoms with Crippen LogP contribution in [0.5, 0.6) is 0 Å². The molecule has 1 aromatic heterocycles. The quantitative estimate of drug-likeness (QED) is 0.347. The highest BCUT2D eigenvalue weighted by Gasteiger charge is 2.42. The molecular weight excluding hydrogens is 459 g/mol. The molecule has 0 bridgehead atoms. The first-order valence-corrected chi connectivity index (χ1v) is 10.2. The lowest BCUT2D eigenvalue weighted by atomic mass is 9.85. The lowest BCUT2D eigenvalue weighted by molar-refractivity contribution is -0.138. The molecule has 0 aromatic carbocycles. The van der Waals surface area contributed by atoms with Gasteiger partial charge >= 0.3 is 0 Å². The van der Waals surface area contributed by atoms with Gasteiger partial charge in [-0.3, -0.25) is 9.79 Å². The van der Waals surface area contributed by atoms with E-state index in [2.05, 4.69) is 41.3 Å². The smallest absolute Gasteiger partial charge is 0.230 e. The molecule has 1 aromatic rings. The van der Waals surface area contributed by atoms with Crippen LogP contribution in [0.15, 0.2) is 21.8 Å². The Hall–Kier alpha value is -0.830. The van der Waals surface area contributed by atoms with Gasteiger partial charge in [-0.25, -0.2) is 0 Å². The van der Waals surface area contributed by atoms with Gasteiger partial charge in [0.05, 0.1) is 12.0 Å². The Morgan fingerprint density at radius 3 is 2.58 bits per heavy atom. The molecule has 0 radical (unpaired) electrons. The number of carbonyl (C=O) groups excluding carboxylic acids is 1. The van der Waals surface area contributed by atoms with Crippen LogP contribution in [0.1, 0.15) is 51.0 Å². The zero-order valence-electron chi connectivity index (χ0n) is 16.4. The van der Waals surface area contributed by atoms with Crippen molar-refractivity contribution in [3.8, 4) is 0 Å². The Labute approximate surface area is 179 Å². The zero-order chi connectivity index (χ0) is 18.3. The molecule has 2 rings (SSSR count). The summed E-state index contributed by atoms with van der Waals surface area (Å²) in [6, 6.07) is 2.17. The molecule has 2 N–H and O–H groups in total. The van der Waals surface area contributed by atoms with E-state index in [1.54, 1.807) is 16.2 Å². The van der Waals surface area contributed by atoms with Gasteiger partial charge in [0.15, 0.2) is 5.96 Å². The van der Waals surface area contributed by atoms with E-state index in [4.69, 9.17) is 4.99 Å². The standard InChI is InChI=1S/C19H32N4OS.HI/c1-5-20-18(21-12-15(2)16-8-11-25-13-16)22-14-19(9-6-7-10-19)17(24)23(3)4;/h8,11,13,15H,5-7,9-10,12,14H2,1-4H3,(H2,20,21,22);1H. The average Bonchev–Trinajstić information content (AvgIpc) is 3.28. The fraction of sp³-hybridized carbons (Fsp3) is 0.684. The molecule has 5 nitrogen and oxygen atoms in total. The summed E-state index contributed by atoms with van der Waals surface area (Å²) in [5.41, 5.74) is 1.04. The highest BCUT2D eigenvalue weighted by atomic mass is 127. The molecule has 0 spiro atoms. The van der Waals surface area contributed by atoms with E-state index in [0.717, 1.165) is 44.7 Å². The van der Waals surface area contributed by atoms with Crippen molar-refractivity contribution < 1.29 is 4.79 Å². The number of guanidine groups is 1. The van der Waals surface area contributed by atoms with E-state index in [1.807, 2.05) is 14.1 Å². The lowest BCUT2D eigenvalue weighted by Crippen LogP contribution is -2.43. The van der Waals surface area contributed by atoms with Gasteiger partial charge < -0.3 is 15.5 Å². The first-order chi connectivity index (χ1) is 12.0. The maximum absolute atomic E-state index is 12.7. The number of thiophene rings is 1. The molecule has 7 heteroatoms. The third-order valence-corrected chi connectivity index (χ3v) is 5.69. The third kappa shape index (κ3) is 6.11. The van der Waals surface area contributed by atoms with Gasteiger partial charge in [-0.2, -0.15) is 11.3 Å². The SMILES string of the molecule is CCNC(=NCC1(C(=O)N(C)C)CCCC1)NCC(C)c1ccsc1.I. The number of nitrogens with zero attached hydrogens (tertiary/aromatic N) is 2. The molecule has 26 heavy (non-hydrogen) atoms. The normalized spacial score (nSPS) is 17.3. The van der Waals surface area contributed by atoms with Gasteiger partial charge in [-0.1, -0.05) is 19.8 Å². The fourth-order valence-corrected chi connectivity index (χ4v) is 4.24. The number of nitrogens with one attached hydrogen (secondary N) is 2. The lowest BCUT2D eigenvalue weighted by Gasteiger charge is -2.29. The Kier molecular flexibility index (Phi) is 9.92. The van der Waals surface area contributed by atoms with Gasteiger partial charge in [-0.05, 0) is 48.1 Å². The minimum absolute atomic E-state index is 0. The summed E-state index contributed by atoms with van der Waals surface area (Å²) in [5.74, 6) is 1.46. The van der Waals surface area contributed by atoms with Crippen molar-refractivity contribution in [1.82, 2.24) is 15.5 Å². The Morgan fingerprint density at radius 2 is 2.04 bits per heavy atom. The second kappa shape index (κ2) is 11.1. The Balaban J connectivity index is 0.00000338. The molecule has 1 unspecified atom stereocenters. The van der Waals surface area contributed by atoms with Gasteiger partial charge in [0, 0.05) is 27.2 Å². The average molecular weight is 492 g/mol. The number of hydrogen-bond acceptors (Lipinski definition) is 3. The minimum atomic E-state index is -0.315. The molecule has 0 aliphatic heterocycles. The van der Waals surface area contributed by atoms with Crippen LogP contribution in [0.25, 0.3) is 0 Å². The van der Waals surface area contributed by atoms with E-state index in [-0.39, 0.29) is 35.3 Å². The molecule has 1 amide bonds. The van der Waals surface area contributed by atoms with Crippen LogP contribution in [0.3, 0.4) is 0 Å². The van der Waals surface area contributed by atoms with Crippen molar-refractivity contribution >= 4 is 47.2 Å². The first kappa shape index (κ1) is 23.2. The summed E-state index contributed by atoms with van der Waals surface area (Å²) in [6.45, 7) is 6.49. The summed E-state index contributed by atoms with van der Waals surface area (Å²) < 4.78 is 0. The van der Waals surface area contributed by atoms with E-state index < -0.39 is 0 Å². The molecule has 148 valence electrons. The fourth-order valence-electron chi connectivity index (χ4n) is 3.46. The second-order valence-corrected chi connectivity index (χ2v) is 8.00. The summed E-state index contributed by atoms with van der Waals surface area (Å²) >= 11 is 1.73.